The Hall–Kier alpha value is 0.181. The number of rotatable bonds is 4. The van der Waals surface area contributed by atoms with Crippen molar-refractivity contribution < 1.29 is 37.9 Å². The van der Waals surface area contributed by atoms with Gasteiger partial charge in [0.1, 0.15) is 0 Å². The van der Waals surface area contributed by atoms with E-state index in [2.05, 4.69) is 139 Å². The van der Waals surface area contributed by atoms with Crippen LogP contribution in [0.3, 0.4) is 0 Å². The Labute approximate surface area is 252 Å². The summed E-state index contributed by atoms with van der Waals surface area (Å²) in [6, 6.07) is 41.3. The minimum atomic E-state index is -1.65. The first kappa shape index (κ1) is 35.2. The van der Waals surface area contributed by atoms with E-state index in [4.69, 9.17) is 0 Å². The molecular weight excluding hydrogens is 964 g/mol. The van der Waals surface area contributed by atoms with Crippen molar-refractivity contribution in [3.8, 4) is 0 Å². The van der Waals surface area contributed by atoms with Crippen LogP contribution in [0.5, 0.6) is 0 Å². The van der Waals surface area contributed by atoms with Crippen LogP contribution < -0.4 is 21.2 Å². The molecule has 0 saturated carbocycles. The molecule has 0 aliphatic rings. The molecule has 35 heavy (non-hydrogen) atoms. The summed E-state index contributed by atoms with van der Waals surface area (Å²) in [7, 11) is -3.29. The predicted molar refractivity (Wildman–Crippen MR) is 164 cm³/mol. The summed E-state index contributed by atoms with van der Waals surface area (Å²) >= 11 is 9.94. The van der Waals surface area contributed by atoms with E-state index in [-0.39, 0.29) is 7.43 Å². The maximum atomic E-state index is 4.31. The fourth-order valence-electron chi connectivity index (χ4n) is 3.15. The Bertz CT molecular complexity index is 861. The van der Waals surface area contributed by atoms with Crippen LogP contribution >= 0.6 is 40.6 Å². The molecule has 0 aliphatic carbocycles. The second-order valence-electron chi connectivity index (χ2n) is 7.28. The summed E-state index contributed by atoms with van der Waals surface area (Å²) in [5, 5.41) is 4.99. The largest absolute Gasteiger partial charge is 0.358 e. The molecule has 0 aromatic heterocycles. The van der Waals surface area contributed by atoms with E-state index >= 15 is 0 Å². The molecule has 0 nitrogen and oxygen atoms in total. The molecule has 4 rings (SSSR count). The Kier molecular flexibility index (Phi) is 19.4. The van der Waals surface area contributed by atoms with Gasteiger partial charge in [0.15, 0.2) is 0 Å². The molecule has 0 amide bonds. The minimum Gasteiger partial charge on any atom is -0.358 e. The standard InChI is InChI=1S/2C14H14P.CH3.2Au.2BrH/c2*1-15(2,13-9-5-3-6-10-13)14-11-7-4-8-12-14;;;;;/h2*3-12H,1-2H2;1H3;;;2*1H/q3*-1;2*+1;;/p-2. The van der Waals surface area contributed by atoms with Crippen LogP contribution in [-0.2, 0) is 37.9 Å². The second kappa shape index (κ2) is 19.3. The van der Waals surface area contributed by atoms with Gasteiger partial charge < -0.3 is 7.43 Å². The minimum absolute atomic E-state index is 0. The quantitative estimate of drug-likeness (QED) is 0.109. The van der Waals surface area contributed by atoms with Crippen molar-refractivity contribution in [3.63, 3.8) is 0 Å². The third-order valence-electron chi connectivity index (χ3n) is 5.00. The summed E-state index contributed by atoms with van der Waals surface area (Å²) in [5.74, 6) is 0. The first-order chi connectivity index (χ1) is 16.4. The van der Waals surface area contributed by atoms with Gasteiger partial charge in [-0.2, -0.15) is 41.2 Å². The summed E-state index contributed by atoms with van der Waals surface area (Å²) in [6.07, 6.45) is 0. The molecule has 0 aliphatic heterocycles. The molecule has 6 heteroatoms. The first-order valence-corrected chi connectivity index (χ1v) is 23.8. The van der Waals surface area contributed by atoms with Gasteiger partial charge in [-0.05, 0) is 48.5 Å². The van der Waals surface area contributed by atoms with Gasteiger partial charge in [-0.1, -0.05) is 72.8 Å². The maximum absolute atomic E-state index is 4.31. The number of hydrogen-bond acceptors (Lipinski definition) is 0. The molecule has 196 valence electrons. The molecule has 0 heterocycles. The SMILES string of the molecule is [Br][Au].[Br][Au].[CH2-][P+]([CH2-])(c1ccccc1)c1ccccc1.[CH2-][P+]([CH2-])(c1ccccc1)c1ccccc1.[CH3-]. The normalized spacial score (nSPS) is 10.1. The van der Waals surface area contributed by atoms with Gasteiger partial charge >= 0.3 is 63.9 Å². The molecule has 0 saturated heterocycles. The van der Waals surface area contributed by atoms with Crippen molar-refractivity contribution in [2.75, 3.05) is 0 Å². The van der Waals surface area contributed by atoms with Gasteiger partial charge in [0.2, 0.25) is 0 Å². The van der Waals surface area contributed by atoms with Crippen LogP contribution in [0.1, 0.15) is 0 Å². The average Bonchev–Trinajstić information content (AvgIpc) is 2.93. The smallest absolute Gasteiger partial charge is 0.0408 e. The molecule has 4 aromatic rings. The molecular formula is C29H31Au2Br2P2-3. The van der Waals surface area contributed by atoms with Gasteiger partial charge in [-0.3, -0.25) is 0 Å². The summed E-state index contributed by atoms with van der Waals surface area (Å²) in [6.45, 7) is 17.2. The van der Waals surface area contributed by atoms with E-state index in [0.717, 1.165) is 0 Å². The monoisotopic (exact) mass is 993 g/mol. The molecule has 0 radical (unpaired) electrons. The van der Waals surface area contributed by atoms with E-state index in [1.165, 1.54) is 21.2 Å². The summed E-state index contributed by atoms with van der Waals surface area (Å²) in [5.41, 5.74) is 0. The number of hydrogen-bond donors (Lipinski definition) is 0. The summed E-state index contributed by atoms with van der Waals surface area (Å²) in [4.78, 5) is 0. The molecule has 0 atom stereocenters. The van der Waals surface area contributed by atoms with Crippen LogP contribution in [0.15, 0.2) is 121 Å². The third kappa shape index (κ3) is 11.2. The van der Waals surface area contributed by atoms with E-state index in [9.17, 15) is 0 Å². The van der Waals surface area contributed by atoms with E-state index in [1.807, 2.05) is 72.8 Å². The summed E-state index contributed by atoms with van der Waals surface area (Å²) < 4.78 is 0. The van der Waals surface area contributed by atoms with Crippen molar-refractivity contribution in [3.05, 3.63) is 155 Å². The Balaban J connectivity index is 0.000000565. The van der Waals surface area contributed by atoms with Crippen molar-refractivity contribution in [2.24, 2.45) is 0 Å². The van der Waals surface area contributed by atoms with Crippen molar-refractivity contribution in [1.82, 2.24) is 0 Å². The zero-order valence-corrected chi connectivity index (χ0v) is 28.9. The van der Waals surface area contributed by atoms with Gasteiger partial charge in [0, 0.05) is 21.2 Å². The molecule has 0 unspecified atom stereocenters. The Morgan fingerprint density at radius 3 is 0.657 bits per heavy atom. The van der Waals surface area contributed by atoms with Crippen LogP contribution in [-0.4, -0.2) is 0 Å². The number of halogens is 2. The fourth-order valence-corrected chi connectivity index (χ4v) is 6.72. The molecule has 0 N–H and O–H groups in total. The fraction of sp³-hybridized carbons (Fsp3) is 0. The van der Waals surface area contributed by atoms with Gasteiger partial charge in [-0.15, -0.1) is 0 Å². The van der Waals surface area contributed by atoms with Crippen LogP contribution in [0.2, 0.25) is 0 Å². The first-order valence-electron chi connectivity index (χ1n) is 10.0. The topological polar surface area (TPSA) is 0 Å². The van der Waals surface area contributed by atoms with Crippen LogP contribution in [0, 0.1) is 34.1 Å². The van der Waals surface area contributed by atoms with Crippen molar-refractivity contribution >= 4 is 61.8 Å². The van der Waals surface area contributed by atoms with Crippen molar-refractivity contribution in [2.45, 2.75) is 0 Å². The zero-order valence-electron chi connectivity index (χ0n) is 19.6. The van der Waals surface area contributed by atoms with Gasteiger partial charge in [-0.25, -0.2) is 0 Å². The maximum Gasteiger partial charge on any atom is 0.0408 e. The number of benzene rings is 4. The van der Waals surface area contributed by atoms with Crippen LogP contribution in [0.25, 0.3) is 0 Å². The van der Waals surface area contributed by atoms with Crippen molar-refractivity contribution in [1.29, 1.82) is 0 Å². The van der Waals surface area contributed by atoms with Gasteiger partial charge in [0.05, 0.1) is 0 Å². The van der Waals surface area contributed by atoms with E-state index in [0.29, 0.717) is 0 Å². The van der Waals surface area contributed by atoms with Crippen LogP contribution in [0.4, 0.5) is 0 Å². The predicted octanol–water partition coefficient (Wildman–Crippen LogP) is 8.61. The molecule has 0 bridgehead atoms. The van der Waals surface area contributed by atoms with Gasteiger partial charge in [0.25, 0.3) is 0 Å². The molecule has 4 aromatic carbocycles. The zero-order chi connectivity index (χ0) is 25.5. The Morgan fingerprint density at radius 1 is 0.371 bits per heavy atom. The molecule has 0 fully saturated rings. The van der Waals surface area contributed by atoms with E-state index < -0.39 is 14.5 Å². The Morgan fingerprint density at radius 2 is 0.514 bits per heavy atom. The third-order valence-corrected chi connectivity index (χ3v) is 10.1. The van der Waals surface area contributed by atoms with E-state index in [1.54, 1.807) is 0 Å². The second-order valence-corrected chi connectivity index (χ2v) is 13.2. The average molecular weight is 995 g/mol. The molecule has 0 spiro atoms.